The van der Waals surface area contributed by atoms with Crippen molar-refractivity contribution in [3.63, 3.8) is 0 Å². The zero-order chi connectivity index (χ0) is 23.6. The SMILES string of the molecule is CCC(C)CCOc1ccc(N=c2scc(C)n2-c2ccc(OCCC(C)CC)cc2)cc1. The molecule has 0 aliphatic rings. The van der Waals surface area contributed by atoms with Gasteiger partial charge in [-0.05, 0) is 80.1 Å². The summed E-state index contributed by atoms with van der Waals surface area (Å²) in [7, 11) is 0. The number of hydrogen-bond donors (Lipinski definition) is 0. The topological polar surface area (TPSA) is 35.8 Å². The van der Waals surface area contributed by atoms with Crippen LogP contribution in [0.2, 0.25) is 0 Å². The summed E-state index contributed by atoms with van der Waals surface area (Å²) >= 11 is 1.65. The van der Waals surface area contributed by atoms with Crippen molar-refractivity contribution in [3.8, 4) is 17.2 Å². The van der Waals surface area contributed by atoms with E-state index < -0.39 is 0 Å². The number of thiazole rings is 1. The van der Waals surface area contributed by atoms with E-state index in [4.69, 9.17) is 14.5 Å². The first kappa shape index (κ1) is 25.1. The summed E-state index contributed by atoms with van der Waals surface area (Å²) in [5.41, 5.74) is 3.17. The van der Waals surface area contributed by atoms with Gasteiger partial charge in [-0.25, -0.2) is 4.99 Å². The molecule has 33 heavy (non-hydrogen) atoms. The predicted octanol–water partition coefficient (Wildman–Crippen LogP) is 7.71. The van der Waals surface area contributed by atoms with Gasteiger partial charge >= 0.3 is 0 Å². The molecule has 1 heterocycles. The largest absolute Gasteiger partial charge is 0.494 e. The minimum Gasteiger partial charge on any atom is -0.494 e. The van der Waals surface area contributed by atoms with Crippen LogP contribution in [0.15, 0.2) is 58.9 Å². The predicted molar refractivity (Wildman–Crippen MR) is 139 cm³/mol. The maximum absolute atomic E-state index is 5.92. The van der Waals surface area contributed by atoms with Crippen molar-refractivity contribution in [2.24, 2.45) is 16.8 Å². The second-order valence-electron chi connectivity index (χ2n) is 8.90. The van der Waals surface area contributed by atoms with E-state index in [0.29, 0.717) is 11.8 Å². The third-order valence-corrected chi connectivity index (χ3v) is 7.13. The smallest absolute Gasteiger partial charge is 0.194 e. The van der Waals surface area contributed by atoms with Crippen LogP contribution in [-0.4, -0.2) is 17.8 Å². The maximum Gasteiger partial charge on any atom is 0.194 e. The van der Waals surface area contributed by atoms with Gasteiger partial charge in [-0.1, -0.05) is 40.5 Å². The Balaban J connectivity index is 1.69. The molecule has 3 aromatic rings. The number of nitrogens with zero attached hydrogens (tertiary/aromatic N) is 2. The molecular formula is C28H38N2O2S. The molecule has 2 unspecified atom stereocenters. The number of rotatable bonds is 12. The molecule has 3 rings (SSSR count). The first-order valence-electron chi connectivity index (χ1n) is 12.2. The summed E-state index contributed by atoms with van der Waals surface area (Å²) in [6, 6.07) is 16.4. The van der Waals surface area contributed by atoms with Gasteiger partial charge in [-0.15, -0.1) is 11.3 Å². The van der Waals surface area contributed by atoms with E-state index in [-0.39, 0.29) is 0 Å². The molecule has 4 nitrogen and oxygen atoms in total. The first-order chi connectivity index (χ1) is 16.0. The Hall–Kier alpha value is -2.53. The van der Waals surface area contributed by atoms with Gasteiger partial charge in [0, 0.05) is 16.8 Å². The second kappa shape index (κ2) is 12.6. The molecule has 0 saturated heterocycles. The number of benzene rings is 2. The number of aryl methyl sites for hydroxylation is 1. The van der Waals surface area contributed by atoms with Crippen LogP contribution in [0.3, 0.4) is 0 Å². The molecule has 5 heteroatoms. The minimum absolute atomic E-state index is 0.696. The van der Waals surface area contributed by atoms with Crippen molar-refractivity contribution in [3.05, 3.63) is 64.4 Å². The van der Waals surface area contributed by atoms with E-state index >= 15 is 0 Å². The monoisotopic (exact) mass is 466 g/mol. The lowest BCUT2D eigenvalue weighted by Crippen LogP contribution is -2.13. The van der Waals surface area contributed by atoms with E-state index in [2.05, 4.69) is 56.7 Å². The highest BCUT2D eigenvalue weighted by Gasteiger charge is 2.06. The lowest BCUT2D eigenvalue weighted by atomic mass is 10.1. The molecule has 0 fully saturated rings. The number of aromatic nitrogens is 1. The van der Waals surface area contributed by atoms with Crippen LogP contribution in [-0.2, 0) is 0 Å². The summed E-state index contributed by atoms with van der Waals surface area (Å²) < 4.78 is 14.0. The highest BCUT2D eigenvalue weighted by atomic mass is 32.1. The fourth-order valence-corrected chi connectivity index (χ4v) is 4.26. The van der Waals surface area contributed by atoms with Gasteiger partial charge in [0.2, 0.25) is 0 Å². The molecule has 2 aromatic carbocycles. The van der Waals surface area contributed by atoms with Crippen LogP contribution in [0.1, 0.15) is 59.1 Å². The quantitative estimate of drug-likeness (QED) is 0.274. The van der Waals surface area contributed by atoms with Gasteiger partial charge in [-0.3, -0.25) is 4.57 Å². The second-order valence-corrected chi connectivity index (χ2v) is 9.73. The van der Waals surface area contributed by atoms with Crippen molar-refractivity contribution < 1.29 is 9.47 Å². The van der Waals surface area contributed by atoms with E-state index in [0.717, 1.165) is 59.4 Å². The molecule has 0 amide bonds. The van der Waals surface area contributed by atoms with E-state index in [9.17, 15) is 0 Å². The molecule has 178 valence electrons. The molecule has 2 atom stereocenters. The Morgan fingerprint density at radius 3 is 1.85 bits per heavy atom. The van der Waals surface area contributed by atoms with Gasteiger partial charge in [0.1, 0.15) is 11.5 Å². The molecule has 0 radical (unpaired) electrons. The summed E-state index contributed by atoms with van der Waals surface area (Å²) in [6.45, 7) is 12.6. The molecule has 0 N–H and O–H groups in total. The van der Waals surface area contributed by atoms with E-state index in [1.807, 2.05) is 36.4 Å². The lowest BCUT2D eigenvalue weighted by molar-refractivity contribution is 0.281. The van der Waals surface area contributed by atoms with Crippen molar-refractivity contribution in [2.45, 2.75) is 60.3 Å². The van der Waals surface area contributed by atoms with Gasteiger partial charge in [-0.2, -0.15) is 0 Å². The van der Waals surface area contributed by atoms with Crippen molar-refractivity contribution in [2.75, 3.05) is 13.2 Å². The highest BCUT2D eigenvalue weighted by Crippen LogP contribution is 2.21. The third kappa shape index (κ3) is 7.50. The van der Waals surface area contributed by atoms with Gasteiger partial charge in [0.25, 0.3) is 0 Å². The Bertz CT molecular complexity index is 1040. The van der Waals surface area contributed by atoms with Gasteiger partial charge in [0.15, 0.2) is 4.80 Å². The number of ether oxygens (including phenoxy) is 2. The summed E-state index contributed by atoms with van der Waals surface area (Å²) in [5, 5.41) is 2.14. The van der Waals surface area contributed by atoms with E-state index in [1.165, 1.54) is 12.8 Å². The molecule has 0 spiro atoms. The number of hydrogen-bond acceptors (Lipinski definition) is 4. The third-order valence-electron chi connectivity index (χ3n) is 6.19. The Morgan fingerprint density at radius 1 is 0.818 bits per heavy atom. The zero-order valence-corrected chi connectivity index (χ0v) is 21.5. The molecule has 0 bridgehead atoms. The van der Waals surface area contributed by atoms with Crippen LogP contribution in [0, 0.1) is 18.8 Å². The fourth-order valence-electron chi connectivity index (χ4n) is 3.37. The van der Waals surface area contributed by atoms with Crippen molar-refractivity contribution in [1.82, 2.24) is 4.57 Å². The van der Waals surface area contributed by atoms with Crippen LogP contribution in [0.5, 0.6) is 11.5 Å². The molecule has 0 saturated carbocycles. The van der Waals surface area contributed by atoms with Gasteiger partial charge in [0.05, 0.1) is 18.9 Å². The fraction of sp³-hybridized carbons (Fsp3) is 0.464. The van der Waals surface area contributed by atoms with Crippen molar-refractivity contribution >= 4 is 17.0 Å². The van der Waals surface area contributed by atoms with E-state index in [1.54, 1.807) is 11.3 Å². The molecule has 0 aliphatic carbocycles. The summed E-state index contributed by atoms with van der Waals surface area (Å²) in [5.74, 6) is 3.21. The summed E-state index contributed by atoms with van der Waals surface area (Å²) in [6.07, 6.45) is 4.55. The molecule has 1 aromatic heterocycles. The average Bonchev–Trinajstić information content (AvgIpc) is 3.20. The Morgan fingerprint density at radius 2 is 1.33 bits per heavy atom. The van der Waals surface area contributed by atoms with Crippen LogP contribution < -0.4 is 14.3 Å². The van der Waals surface area contributed by atoms with Crippen LogP contribution in [0.25, 0.3) is 5.69 Å². The lowest BCUT2D eigenvalue weighted by Gasteiger charge is -2.11. The molecular weight excluding hydrogens is 428 g/mol. The van der Waals surface area contributed by atoms with Crippen LogP contribution in [0.4, 0.5) is 5.69 Å². The standard InChI is InChI=1S/C28H38N2O2S/c1-6-21(3)16-18-31-26-12-8-24(9-13-26)29-28-30(23(5)20-33-28)25-10-14-27(15-11-25)32-19-17-22(4)7-2/h8-15,20-22H,6-7,16-19H2,1-5H3. The first-order valence-corrected chi connectivity index (χ1v) is 13.1. The van der Waals surface area contributed by atoms with Crippen LogP contribution >= 0.6 is 11.3 Å². The Kier molecular flexibility index (Phi) is 9.61. The maximum atomic E-state index is 5.92. The zero-order valence-electron chi connectivity index (χ0n) is 20.7. The van der Waals surface area contributed by atoms with Gasteiger partial charge < -0.3 is 9.47 Å². The normalized spacial score (nSPS) is 13.7. The Labute approximate surface area is 202 Å². The summed E-state index contributed by atoms with van der Waals surface area (Å²) in [4.78, 5) is 5.84. The molecule has 0 aliphatic heterocycles. The van der Waals surface area contributed by atoms with Crippen molar-refractivity contribution in [1.29, 1.82) is 0 Å². The minimum atomic E-state index is 0.696. The highest BCUT2D eigenvalue weighted by molar-refractivity contribution is 7.07. The average molecular weight is 467 g/mol.